The molecule has 5 nitrogen and oxygen atoms in total. The second-order valence-corrected chi connectivity index (χ2v) is 11.9. The molecule has 1 saturated heterocycles. The van der Waals surface area contributed by atoms with Crippen LogP contribution in [0.15, 0.2) is 59.5 Å². The average Bonchev–Trinajstić information content (AvgIpc) is 3.40. The molecule has 3 unspecified atom stereocenters. The number of likely N-dealkylation sites (tertiary alicyclic amines) is 1. The lowest BCUT2D eigenvalue weighted by Gasteiger charge is -2.31. The summed E-state index contributed by atoms with van der Waals surface area (Å²) in [5, 5.41) is 3.09. The van der Waals surface area contributed by atoms with E-state index in [1.165, 1.54) is 18.2 Å². The molecule has 232 valence electrons. The van der Waals surface area contributed by atoms with Crippen LogP contribution < -0.4 is 5.32 Å². The highest BCUT2D eigenvalue weighted by Gasteiger charge is 2.73. The van der Waals surface area contributed by atoms with Gasteiger partial charge in [-0.2, -0.15) is 26.3 Å². The van der Waals surface area contributed by atoms with Crippen LogP contribution in [0.4, 0.5) is 35.1 Å². The third kappa shape index (κ3) is 7.87. The zero-order chi connectivity index (χ0) is 31.3. The molecule has 1 heterocycles. The van der Waals surface area contributed by atoms with E-state index in [9.17, 15) is 48.9 Å². The Morgan fingerprint density at radius 3 is 1.88 bits per heavy atom. The molecular formula is C28H30F8N2O3S. The number of hydrogen-bond acceptors (Lipinski definition) is 3. The fraction of sp³-hybridized carbons (Fsp3) is 0.500. The van der Waals surface area contributed by atoms with E-state index in [0.29, 0.717) is 49.4 Å². The highest BCUT2D eigenvalue weighted by molar-refractivity contribution is 7.85. The number of piperidine rings is 1. The summed E-state index contributed by atoms with van der Waals surface area (Å²) >= 11 is 0. The number of amides is 2. The van der Waals surface area contributed by atoms with Gasteiger partial charge in [0.05, 0.1) is 10.8 Å². The fourth-order valence-electron chi connectivity index (χ4n) is 4.96. The van der Waals surface area contributed by atoms with Crippen LogP contribution in [0, 0.1) is 11.7 Å². The van der Waals surface area contributed by atoms with Gasteiger partial charge in [-0.05, 0) is 56.4 Å². The predicted octanol–water partition coefficient (Wildman–Crippen LogP) is 6.21. The Morgan fingerprint density at radius 2 is 1.38 bits per heavy atom. The van der Waals surface area contributed by atoms with Crippen molar-refractivity contribution in [2.24, 2.45) is 5.92 Å². The molecule has 0 radical (unpaired) electrons. The van der Waals surface area contributed by atoms with Gasteiger partial charge in [0.1, 0.15) is 5.82 Å². The number of rotatable bonds is 5. The zero-order valence-corrected chi connectivity index (χ0v) is 23.3. The molecule has 2 aromatic carbocycles. The van der Waals surface area contributed by atoms with Gasteiger partial charge in [-0.25, -0.2) is 8.78 Å². The SMILES string of the molecule is CC(=O)N1CCC(C(=O)NC2CCC(S(=O)c3ccc(F)cc3)C2)CC1.FC(F)(F)C(F)(c1ccccc1)C(F)(F)F. The molecule has 0 bridgehead atoms. The Bertz CT molecular complexity index is 1220. The van der Waals surface area contributed by atoms with Gasteiger partial charge in [-0.1, -0.05) is 30.3 Å². The number of nitrogens with one attached hydrogen (secondary N) is 1. The summed E-state index contributed by atoms with van der Waals surface area (Å²) in [6.07, 6.45) is -8.42. The molecule has 1 N–H and O–H groups in total. The molecule has 42 heavy (non-hydrogen) atoms. The van der Waals surface area contributed by atoms with E-state index >= 15 is 0 Å². The standard InChI is InChI=1S/C19H25FN2O3S.C9H5F7/c1-13(23)22-10-8-14(9-11-22)19(24)21-16-4-7-18(12-16)26(25)17-5-2-15(20)3-6-17;10-7(8(11,12)13,9(14,15)16)6-4-2-1-3-5-6/h2-3,5-6,14,16,18H,4,7-12H2,1H3,(H,21,24);1-5H. The van der Waals surface area contributed by atoms with Gasteiger partial charge in [-0.3, -0.25) is 13.8 Å². The first kappa shape index (κ1) is 33.5. The van der Waals surface area contributed by atoms with E-state index in [1.807, 2.05) is 0 Å². The van der Waals surface area contributed by atoms with Crippen LogP contribution in [-0.4, -0.2) is 57.7 Å². The minimum atomic E-state index is -6.05. The van der Waals surface area contributed by atoms with Crippen LogP contribution in [-0.2, 0) is 26.1 Å². The highest BCUT2D eigenvalue weighted by Crippen LogP contribution is 2.53. The topological polar surface area (TPSA) is 66.5 Å². The van der Waals surface area contributed by atoms with Crippen LogP contribution in [0.5, 0.6) is 0 Å². The van der Waals surface area contributed by atoms with Crippen LogP contribution in [0.2, 0.25) is 0 Å². The lowest BCUT2D eigenvalue weighted by Crippen LogP contribution is -2.50. The Morgan fingerprint density at radius 1 is 0.833 bits per heavy atom. The molecule has 0 spiro atoms. The molecule has 1 aliphatic heterocycles. The first-order valence-corrected chi connectivity index (χ1v) is 14.4. The van der Waals surface area contributed by atoms with Crippen molar-refractivity contribution >= 4 is 22.6 Å². The van der Waals surface area contributed by atoms with Crippen LogP contribution >= 0.6 is 0 Å². The number of halogens is 8. The molecule has 1 saturated carbocycles. The molecule has 1 aliphatic carbocycles. The number of carbonyl (C=O) groups excluding carboxylic acids is 2. The van der Waals surface area contributed by atoms with Gasteiger partial charge < -0.3 is 10.2 Å². The fourth-order valence-corrected chi connectivity index (χ4v) is 6.50. The summed E-state index contributed by atoms with van der Waals surface area (Å²) in [5.74, 6) is -0.275. The van der Waals surface area contributed by atoms with Crippen molar-refractivity contribution in [3.05, 3.63) is 66.0 Å². The first-order valence-electron chi connectivity index (χ1n) is 13.1. The normalized spacial score (nSPS) is 20.8. The number of carbonyl (C=O) groups is 2. The van der Waals surface area contributed by atoms with Gasteiger partial charge in [0, 0.05) is 47.7 Å². The summed E-state index contributed by atoms with van der Waals surface area (Å²) < 4.78 is 112. The average molecular weight is 627 g/mol. The van der Waals surface area contributed by atoms with E-state index < -0.39 is 34.4 Å². The van der Waals surface area contributed by atoms with E-state index in [1.54, 1.807) is 24.0 Å². The van der Waals surface area contributed by atoms with Crippen molar-refractivity contribution in [1.29, 1.82) is 0 Å². The van der Waals surface area contributed by atoms with E-state index in [4.69, 9.17) is 0 Å². The van der Waals surface area contributed by atoms with Crippen molar-refractivity contribution in [3.8, 4) is 0 Å². The van der Waals surface area contributed by atoms with Crippen molar-refractivity contribution in [2.45, 2.75) is 73.2 Å². The van der Waals surface area contributed by atoms with Crippen LogP contribution in [0.1, 0.15) is 44.6 Å². The Hall–Kier alpha value is -3.03. The summed E-state index contributed by atoms with van der Waals surface area (Å²) in [6, 6.07) is 9.73. The summed E-state index contributed by atoms with van der Waals surface area (Å²) in [5.41, 5.74) is -6.81. The molecule has 14 heteroatoms. The highest BCUT2D eigenvalue weighted by atomic mass is 32.2. The van der Waals surface area contributed by atoms with E-state index in [2.05, 4.69) is 5.32 Å². The number of nitrogens with zero attached hydrogens (tertiary/aromatic N) is 1. The minimum absolute atomic E-state index is 0.00896. The number of hydrogen-bond donors (Lipinski definition) is 1. The molecule has 2 aliphatic rings. The van der Waals surface area contributed by atoms with Gasteiger partial charge in [0.25, 0.3) is 0 Å². The summed E-state index contributed by atoms with van der Waals surface area (Å²) in [7, 11) is -1.18. The lowest BCUT2D eigenvalue weighted by molar-refractivity contribution is -0.348. The van der Waals surface area contributed by atoms with Gasteiger partial charge in [0.2, 0.25) is 11.8 Å². The molecule has 2 aromatic rings. The Labute approximate surface area is 240 Å². The number of benzene rings is 2. The Balaban J connectivity index is 0.000000260. The second-order valence-electron chi connectivity index (χ2n) is 10.2. The van der Waals surface area contributed by atoms with Crippen LogP contribution in [0.3, 0.4) is 0 Å². The van der Waals surface area contributed by atoms with Gasteiger partial charge >= 0.3 is 18.0 Å². The van der Waals surface area contributed by atoms with Crippen molar-refractivity contribution in [2.75, 3.05) is 13.1 Å². The van der Waals surface area contributed by atoms with Crippen molar-refractivity contribution in [1.82, 2.24) is 10.2 Å². The number of alkyl halides is 7. The van der Waals surface area contributed by atoms with Crippen molar-refractivity contribution in [3.63, 3.8) is 0 Å². The smallest absolute Gasteiger partial charge is 0.353 e. The first-order chi connectivity index (χ1) is 19.5. The molecule has 2 fully saturated rings. The summed E-state index contributed by atoms with van der Waals surface area (Å²) in [6.45, 7) is 2.82. The maximum Gasteiger partial charge on any atom is 0.435 e. The molecule has 2 amide bonds. The van der Waals surface area contributed by atoms with Gasteiger partial charge in [-0.15, -0.1) is 0 Å². The largest absolute Gasteiger partial charge is 0.435 e. The maximum atomic E-state index is 13.3. The summed E-state index contributed by atoms with van der Waals surface area (Å²) in [4.78, 5) is 26.3. The lowest BCUT2D eigenvalue weighted by atomic mass is 9.94. The minimum Gasteiger partial charge on any atom is -0.353 e. The zero-order valence-electron chi connectivity index (χ0n) is 22.5. The Kier molecular flexibility index (Phi) is 10.8. The molecule has 0 aromatic heterocycles. The van der Waals surface area contributed by atoms with E-state index in [0.717, 1.165) is 25.0 Å². The second kappa shape index (κ2) is 13.5. The molecule has 3 atom stereocenters. The van der Waals surface area contributed by atoms with Crippen LogP contribution in [0.25, 0.3) is 0 Å². The van der Waals surface area contributed by atoms with E-state index in [-0.39, 0.29) is 34.8 Å². The molecule has 4 rings (SSSR count). The van der Waals surface area contributed by atoms with Crippen molar-refractivity contribution < 1.29 is 48.9 Å². The third-order valence-corrected chi connectivity index (χ3v) is 9.11. The molecular weight excluding hydrogens is 596 g/mol. The van der Waals surface area contributed by atoms with Gasteiger partial charge in [0.15, 0.2) is 0 Å². The maximum absolute atomic E-state index is 13.3. The third-order valence-electron chi connectivity index (χ3n) is 7.34. The predicted molar refractivity (Wildman–Crippen MR) is 139 cm³/mol. The monoisotopic (exact) mass is 626 g/mol. The quantitative estimate of drug-likeness (QED) is 0.402.